The van der Waals surface area contributed by atoms with Gasteiger partial charge in [0.2, 0.25) is 10.0 Å². The number of ether oxygens (including phenoxy) is 1. The van der Waals surface area contributed by atoms with Crippen molar-refractivity contribution in [3.05, 3.63) is 63.7 Å². The Morgan fingerprint density at radius 3 is 2.45 bits per heavy atom. The Morgan fingerprint density at radius 1 is 1.10 bits per heavy atom. The molecule has 9 heteroatoms. The molecule has 0 atom stereocenters. The molecule has 1 N–H and O–H groups in total. The lowest BCUT2D eigenvalue weighted by Gasteiger charge is -2.31. The number of hydrogen-bond acceptors (Lipinski definition) is 5. The first kappa shape index (κ1) is 21.2. The van der Waals surface area contributed by atoms with Gasteiger partial charge in [-0.05, 0) is 31.0 Å². The molecule has 0 radical (unpaired) electrons. The lowest BCUT2D eigenvalue weighted by atomic mass is 10.2. The second-order valence-corrected chi connectivity index (χ2v) is 9.13. The van der Waals surface area contributed by atoms with Crippen LogP contribution in [0.25, 0.3) is 0 Å². The largest absolute Gasteiger partial charge is 0.487 e. The van der Waals surface area contributed by atoms with Crippen molar-refractivity contribution in [3.8, 4) is 5.75 Å². The number of nitrogens with one attached hydrogen (secondary N) is 1. The van der Waals surface area contributed by atoms with Gasteiger partial charge in [-0.2, -0.15) is 4.31 Å². The van der Waals surface area contributed by atoms with Gasteiger partial charge in [0.15, 0.2) is 0 Å². The number of rotatable bonds is 7. The lowest BCUT2D eigenvalue weighted by Crippen LogP contribution is -3.15. The van der Waals surface area contributed by atoms with Crippen LogP contribution in [0.2, 0.25) is 0 Å². The van der Waals surface area contributed by atoms with Gasteiger partial charge in [-0.25, -0.2) is 8.42 Å². The molecule has 0 bridgehead atoms. The highest BCUT2D eigenvalue weighted by atomic mass is 32.2. The van der Waals surface area contributed by atoms with Crippen molar-refractivity contribution in [2.24, 2.45) is 0 Å². The van der Waals surface area contributed by atoms with E-state index in [0.29, 0.717) is 38.3 Å². The molecule has 2 aromatic carbocycles. The number of piperazine rings is 1. The van der Waals surface area contributed by atoms with E-state index in [1.54, 1.807) is 6.92 Å². The molecule has 8 nitrogen and oxygen atoms in total. The zero-order valence-electron chi connectivity index (χ0n) is 16.6. The highest BCUT2D eigenvalue weighted by Crippen LogP contribution is 2.24. The van der Waals surface area contributed by atoms with Crippen molar-refractivity contribution in [2.75, 3.05) is 39.3 Å². The van der Waals surface area contributed by atoms with Gasteiger partial charge in [0, 0.05) is 12.1 Å². The Morgan fingerprint density at radius 2 is 1.79 bits per heavy atom. The van der Waals surface area contributed by atoms with Gasteiger partial charge >= 0.3 is 0 Å². The molecule has 0 aromatic heterocycles. The summed E-state index contributed by atoms with van der Waals surface area (Å²) >= 11 is 0. The Bertz CT molecular complexity index is 985. The number of quaternary nitrogens is 1. The van der Waals surface area contributed by atoms with Gasteiger partial charge in [0.05, 0.1) is 36.0 Å². The van der Waals surface area contributed by atoms with Gasteiger partial charge in [0.25, 0.3) is 5.69 Å². The van der Waals surface area contributed by atoms with E-state index in [9.17, 15) is 18.5 Å². The molecule has 1 saturated heterocycles. The van der Waals surface area contributed by atoms with Gasteiger partial charge in [-0.15, -0.1) is 0 Å². The third-order valence-electron chi connectivity index (χ3n) is 5.24. The number of nitro benzene ring substituents is 1. The number of sulfonamides is 1. The molecule has 0 unspecified atom stereocenters. The van der Waals surface area contributed by atoms with Crippen LogP contribution in [0.4, 0.5) is 5.69 Å². The minimum absolute atomic E-state index is 0.0121. The average molecular weight is 421 g/mol. The molecule has 0 amide bonds. The first-order valence-corrected chi connectivity index (χ1v) is 11.0. The molecule has 0 aliphatic carbocycles. The van der Waals surface area contributed by atoms with E-state index in [4.69, 9.17) is 4.74 Å². The molecule has 0 spiro atoms. The standard InChI is InChI=1S/C20H25N3O5S/c1-16-5-3-4-6-19(16)28-14-13-21-9-11-22(12-10-21)29(26,27)20-15-18(23(24)25)8-7-17(20)2/h3-8,15H,9-14H2,1-2H3/p+1. The highest BCUT2D eigenvalue weighted by Gasteiger charge is 2.32. The summed E-state index contributed by atoms with van der Waals surface area (Å²) in [5.74, 6) is 0.870. The summed E-state index contributed by atoms with van der Waals surface area (Å²) in [5, 5.41) is 11.0. The maximum Gasteiger partial charge on any atom is 0.270 e. The zero-order chi connectivity index (χ0) is 21.0. The van der Waals surface area contributed by atoms with Crippen LogP contribution >= 0.6 is 0 Å². The van der Waals surface area contributed by atoms with Crippen molar-refractivity contribution >= 4 is 15.7 Å². The Balaban J connectivity index is 1.58. The predicted octanol–water partition coefficient (Wildman–Crippen LogP) is 1.18. The molecule has 0 saturated carbocycles. The molecule has 29 heavy (non-hydrogen) atoms. The fourth-order valence-electron chi connectivity index (χ4n) is 3.44. The number of non-ortho nitro benzene ring substituents is 1. The minimum atomic E-state index is -3.76. The van der Waals surface area contributed by atoms with Crippen LogP contribution in [0.1, 0.15) is 11.1 Å². The quantitative estimate of drug-likeness (QED) is 0.536. The smallest absolute Gasteiger partial charge is 0.270 e. The van der Waals surface area contributed by atoms with Crippen molar-refractivity contribution in [3.63, 3.8) is 0 Å². The number of nitro groups is 1. The van der Waals surface area contributed by atoms with Crippen LogP contribution in [-0.4, -0.2) is 57.0 Å². The second kappa shape index (κ2) is 8.89. The number of hydrogen-bond donors (Lipinski definition) is 1. The van der Waals surface area contributed by atoms with Crippen LogP contribution in [-0.2, 0) is 10.0 Å². The number of benzene rings is 2. The number of para-hydroxylation sites is 1. The molecule has 156 valence electrons. The van der Waals surface area contributed by atoms with E-state index >= 15 is 0 Å². The van der Waals surface area contributed by atoms with E-state index in [2.05, 4.69) is 0 Å². The molecule has 1 fully saturated rings. The van der Waals surface area contributed by atoms with Crippen LogP contribution in [0.3, 0.4) is 0 Å². The third-order valence-corrected chi connectivity index (χ3v) is 7.28. The summed E-state index contributed by atoms with van der Waals surface area (Å²) in [6.45, 7) is 7.11. The van der Waals surface area contributed by atoms with E-state index in [1.807, 2.05) is 31.2 Å². The van der Waals surface area contributed by atoms with Crippen LogP contribution in [0.15, 0.2) is 47.4 Å². The fourth-order valence-corrected chi connectivity index (χ4v) is 5.12. The maximum atomic E-state index is 13.0. The first-order chi connectivity index (χ1) is 13.8. The van der Waals surface area contributed by atoms with Gasteiger partial charge in [-0.3, -0.25) is 10.1 Å². The van der Waals surface area contributed by atoms with Crippen molar-refractivity contribution in [2.45, 2.75) is 18.7 Å². The Labute approximate surface area is 170 Å². The average Bonchev–Trinajstić information content (AvgIpc) is 2.70. The van der Waals surface area contributed by atoms with E-state index in [0.717, 1.165) is 23.9 Å². The lowest BCUT2D eigenvalue weighted by molar-refractivity contribution is -0.903. The fraction of sp³-hybridized carbons (Fsp3) is 0.400. The van der Waals surface area contributed by atoms with Gasteiger partial charge in [0.1, 0.15) is 18.9 Å². The zero-order valence-corrected chi connectivity index (χ0v) is 17.4. The minimum Gasteiger partial charge on any atom is -0.487 e. The molecule has 3 rings (SSSR count). The SMILES string of the molecule is Cc1ccccc1OCC[NH+]1CCN(S(=O)(=O)c2cc([N+](=O)[O-])ccc2C)CC1. The molecule has 1 aliphatic rings. The van der Waals surface area contributed by atoms with Crippen LogP contribution in [0.5, 0.6) is 5.75 Å². The summed E-state index contributed by atoms with van der Waals surface area (Å²) in [6, 6.07) is 11.8. The summed E-state index contributed by atoms with van der Waals surface area (Å²) in [4.78, 5) is 11.7. The van der Waals surface area contributed by atoms with Crippen LogP contribution < -0.4 is 9.64 Å². The van der Waals surface area contributed by atoms with E-state index < -0.39 is 14.9 Å². The third kappa shape index (κ3) is 4.92. The van der Waals surface area contributed by atoms with E-state index in [-0.39, 0.29) is 10.6 Å². The molecule has 1 heterocycles. The summed E-state index contributed by atoms with van der Waals surface area (Å²) in [6.07, 6.45) is 0. The molecular formula is C20H26N3O5S+. The second-order valence-electron chi connectivity index (χ2n) is 7.22. The Hall–Kier alpha value is -2.49. The Kier molecular flexibility index (Phi) is 6.51. The van der Waals surface area contributed by atoms with Crippen molar-refractivity contribution in [1.82, 2.24) is 4.31 Å². The molecule has 2 aromatic rings. The number of aryl methyl sites for hydroxylation is 2. The monoisotopic (exact) mass is 420 g/mol. The summed E-state index contributed by atoms with van der Waals surface area (Å²) in [5.41, 5.74) is 1.38. The molecule has 1 aliphatic heterocycles. The predicted molar refractivity (Wildman–Crippen MR) is 109 cm³/mol. The highest BCUT2D eigenvalue weighted by molar-refractivity contribution is 7.89. The molecular weight excluding hydrogens is 394 g/mol. The summed E-state index contributed by atoms with van der Waals surface area (Å²) in [7, 11) is -3.76. The normalized spacial score (nSPS) is 15.9. The first-order valence-electron chi connectivity index (χ1n) is 9.56. The van der Waals surface area contributed by atoms with Crippen LogP contribution in [0, 0.1) is 24.0 Å². The summed E-state index contributed by atoms with van der Waals surface area (Å²) < 4.78 is 33.3. The van der Waals surface area contributed by atoms with Gasteiger partial charge in [-0.1, -0.05) is 24.3 Å². The van der Waals surface area contributed by atoms with Crippen molar-refractivity contribution < 1.29 is 23.0 Å². The van der Waals surface area contributed by atoms with Gasteiger partial charge < -0.3 is 9.64 Å². The van der Waals surface area contributed by atoms with E-state index in [1.165, 1.54) is 21.3 Å². The maximum absolute atomic E-state index is 13.0. The number of nitrogens with zero attached hydrogens (tertiary/aromatic N) is 2. The van der Waals surface area contributed by atoms with Crippen molar-refractivity contribution in [1.29, 1.82) is 0 Å². The topological polar surface area (TPSA) is 94.2 Å².